The zero-order valence-electron chi connectivity index (χ0n) is 12.4. The maximum absolute atomic E-state index is 11.7. The van der Waals surface area contributed by atoms with Crippen LogP contribution < -0.4 is 5.63 Å². The molecule has 0 amide bonds. The first-order valence-corrected chi connectivity index (χ1v) is 8.21. The maximum Gasteiger partial charge on any atom is 0.336 e. The third-order valence-electron chi connectivity index (χ3n) is 2.95. The van der Waals surface area contributed by atoms with Gasteiger partial charge in [-0.15, -0.1) is 0 Å². The Hall–Kier alpha value is -1.42. The fourth-order valence-electron chi connectivity index (χ4n) is 2.26. The summed E-state index contributed by atoms with van der Waals surface area (Å²) in [6.07, 6.45) is 0.519. The van der Waals surface area contributed by atoms with Crippen LogP contribution in [-0.4, -0.2) is 18.3 Å². The van der Waals surface area contributed by atoms with Crippen molar-refractivity contribution < 1.29 is 18.6 Å². The summed E-state index contributed by atoms with van der Waals surface area (Å²) in [6.45, 7) is 6.81. The molecule has 2 aromatic rings. The van der Waals surface area contributed by atoms with Gasteiger partial charge in [-0.2, -0.15) is 0 Å². The van der Waals surface area contributed by atoms with Gasteiger partial charge >= 0.3 is 5.63 Å². The van der Waals surface area contributed by atoms with Gasteiger partial charge in [0.15, 0.2) is 8.38 Å². The molecular weight excluding hydrogens is 291 g/mol. The summed E-state index contributed by atoms with van der Waals surface area (Å²) < 4.78 is 16.4. The first-order chi connectivity index (χ1) is 10.0. The maximum atomic E-state index is 11.7. The molecule has 0 aliphatic heterocycles. The Labute approximate surface area is 124 Å². The molecule has 0 atom stereocenters. The van der Waals surface area contributed by atoms with Crippen LogP contribution in [0.5, 0.6) is 5.75 Å². The smallest absolute Gasteiger partial charge is 0.336 e. The van der Waals surface area contributed by atoms with E-state index in [4.69, 9.17) is 13.5 Å². The molecule has 0 saturated carbocycles. The standard InChI is InChI=1S/C15H19O5P/c1-4-18-21(19-5-2)9-11-7-14(17)20-13-8-12(16)6-10(3)15(11)13/h6-8,16H,4-5,9H2,1-3H3. The van der Waals surface area contributed by atoms with E-state index in [0.29, 0.717) is 25.0 Å². The van der Waals surface area contributed by atoms with Crippen molar-refractivity contribution >= 4 is 19.3 Å². The number of aromatic hydroxyl groups is 1. The zero-order valence-corrected chi connectivity index (χ0v) is 13.3. The van der Waals surface area contributed by atoms with Gasteiger partial charge in [-0.3, -0.25) is 0 Å². The molecule has 0 unspecified atom stereocenters. The SMILES string of the molecule is CCOP(Cc1cc(=O)oc2cc(O)cc(C)c12)OCC. The number of fused-ring (bicyclic) bond motifs is 1. The van der Waals surface area contributed by atoms with Crippen molar-refractivity contribution in [3.63, 3.8) is 0 Å². The Balaban J connectivity index is 2.49. The highest BCUT2D eigenvalue weighted by Gasteiger charge is 2.16. The fraction of sp³-hybridized carbons (Fsp3) is 0.400. The summed E-state index contributed by atoms with van der Waals surface area (Å²) in [6, 6.07) is 4.58. The van der Waals surface area contributed by atoms with Gasteiger partial charge in [0.2, 0.25) is 0 Å². The van der Waals surface area contributed by atoms with Gasteiger partial charge in [-0.05, 0) is 38.0 Å². The van der Waals surface area contributed by atoms with E-state index >= 15 is 0 Å². The molecule has 6 heteroatoms. The number of hydrogen-bond donors (Lipinski definition) is 1. The highest BCUT2D eigenvalue weighted by molar-refractivity contribution is 7.46. The number of phenolic OH excluding ortho intramolecular Hbond substituents is 1. The largest absolute Gasteiger partial charge is 0.508 e. The highest BCUT2D eigenvalue weighted by atomic mass is 31.2. The van der Waals surface area contributed by atoms with E-state index in [1.54, 1.807) is 6.07 Å². The Morgan fingerprint density at radius 1 is 1.19 bits per heavy atom. The topological polar surface area (TPSA) is 68.9 Å². The molecule has 0 fully saturated rings. The average molecular weight is 310 g/mol. The van der Waals surface area contributed by atoms with Crippen LogP contribution in [0.1, 0.15) is 25.0 Å². The lowest BCUT2D eigenvalue weighted by Crippen LogP contribution is -2.03. The molecule has 5 nitrogen and oxygen atoms in total. The van der Waals surface area contributed by atoms with Crippen LogP contribution in [0.2, 0.25) is 0 Å². The number of rotatable bonds is 6. The first kappa shape index (κ1) is 16.0. The molecule has 2 rings (SSSR count). The molecule has 0 aliphatic rings. The van der Waals surface area contributed by atoms with E-state index in [0.717, 1.165) is 16.5 Å². The molecule has 0 bridgehead atoms. The van der Waals surface area contributed by atoms with Crippen molar-refractivity contribution in [3.8, 4) is 5.75 Å². The van der Waals surface area contributed by atoms with Crippen LogP contribution in [0.25, 0.3) is 11.0 Å². The van der Waals surface area contributed by atoms with Gasteiger partial charge in [0.1, 0.15) is 11.3 Å². The third kappa shape index (κ3) is 3.82. The minimum absolute atomic E-state index is 0.0807. The van der Waals surface area contributed by atoms with Crippen LogP contribution in [0.4, 0.5) is 0 Å². The quantitative estimate of drug-likeness (QED) is 0.651. The first-order valence-electron chi connectivity index (χ1n) is 6.84. The summed E-state index contributed by atoms with van der Waals surface area (Å²) in [5.74, 6) is 0.0807. The van der Waals surface area contributed by atoms with Gasteiger partial charge in [-0.1, -0.05) is 0 Å². The highest BCUT2D eigenvalue weighted by Crippen LogP contribution is 2.43. The molecule has 0 radical (unpaired) electrons. The normalized spacial score (nSPS) is 11.4. The van der Waals surface area contributed by atoms with Gasteiger partial charge < -0.3 is 18.6 Å². The summed E-state index contributed by atoms with van der Waals surface area (Å²) in [5, 5.41) is 10.5. The Morgan fingerprint density at radius 3 is 2.48 bits per heavy atom. The molecule has 0 saturated heterocycles. The lowest BCUT2D eigenvalue weighted by molar-refractivity contribution is 0.268. The van der Waals surface area contributed by atoms with Crippen molar-refractivity contribution in [2.45, 2.75) is 26.9 Å². The van der Waals surface area contributed by atoms with Crippen molar-refractivity contribution in [2.24, 2.45) is 0 Å². The van der Waals surface area contributed by atoms with Crippen LogP contribution in [0.3, 0.4) is 0 Å². The van der Waals surface area contributed by atoms with Crippen molar-refractivity contribution in [3.05, 3.63) is 39.7 Å². The van der Waals surface area contributed by atoms with Crippen LogP contribution >= 0.6 is 8.38 Å². The Bertz CT molecular complexity index is 674. The van der Waals surface area contributed by atoms with Gasteiger partial charge in [0, 0.05) is 23.7 Å². The Kier molecular flexibility index (Phi) is 5.34. The predicted octanol–water partition coefficient (Wildman–Crippen LogP) is 3.69. The van der Waals surface area contributed by atoms with Gasteiger partial charge in [0.05, 0.1) is 13.2 Å². The van der Waals surface area contributed by atoms with E-state index in [-0.39, 0.29) is 5.75 Å². The van der Waals surface area contributed by atoms with E-state index in [9.17, 15) is 9.90 Å². The van der Waals surface area contributed by atoms with E-state index in [2.05, 4.69) is 0 Å². The lowest BCUT2D eigenvalue weighted by Gasteiger charge is -2.17. The molecular formula is C15H19O5P. The lowest BCUT2D eigenvalue weighted by atomic mass is 10.1. The second kappa shape index (κ2) is 7.03. The van der Waals surface area contributed by atoms with Crippen LogP contribution in [0.15, 0.2) is 27.4 Å². The summed E-state index contributed by atoms with van der Waals surface area (Å²) >= 11 is 0. The molecule has 1 heterocycles. The number of aryl methyl sites for hydroxylation is 1. The van der Waals surface area contributed by atoms with Crippen LogP contribution in [-0.2, 0) is 15.2 Å². The van der Waals surface area contributed by atoms with E-state index < -0.39 is 14.0 Å². The molecule has 0 spiro atoms. The molecule has 1 N–H and O–H groups in total. The van der Waals surface area contributed by atoms with Gasteiger partial charge in [-0.25, -0.2) is 4.79 Å². The molecule has 1 aromatic carbocycles. The van der Waals surface area contributed by atoms with E-state index in [1.807, 2.05) is 20.8 Å². The Morgan fingerprint density at radius 2 is 1.86 bits per heavy atom. The molecule has 21 heavy (non-hydrogen) atoms. The minimum Gasteiger partial charge on any atom is -0.508 e. The summed E-state index contributed by atoms with van der Waals surface area (Å²) in [4.78, 5) is 11.7. The monoisotopic (exact) mass is 310 g/mol. The second-order valence-corrected chi connectivity index (χ2v) is 6.05. The van der Waals surface area contributed by atoms with Crippen LogP contribution in [0, 0.1) is 6.92 Å². The minimum atomic E-state index is -1.09. The second-order valence-electron chi connectivity index (χ2n) is 4.55. The number of hydrogen-bond acceptors (Lipinski definition) is 5. The summed E-state index contributed by atoms with van der Waals surface area (Å²) in [7, 11) is -1.09. The van der Waals surface area contributed by atoms with E-state index in [1.165, 1.54) is 12.1 Å². The molecule has 0 aliphatic carbocycles. The number of phenols is 1. The molecule has 114 valence electrons. The summed E-state index contributed by atoms with van der Waals surface area (Å²) in [5.41, 5.74) is 1.63. The predicted molar refractivity (Wildman–Crippen MR) is 82.8 cm³/mol. The third-order valence-corrected chi connectivity index (χ3v) is 4.64. The molecule has 1 aromatic heterocycles. The van der Waals surface area contributed by atoms with Gasteiger partial charge in [0.25, 0.3) is 0 Å². The van der Waals surface area contributed by atoms with Crippen molar-refractivity contribution in [1.82, 2.24) is 0 Å². The zero-order chi connectivity index (χ0) is 15.4. The number of benzene rings is 1. The average Bonchev–Trinajstić information content (AvgIpc) is 2.37. The van der Waals surface area contributed by atoms with Crippen molar-refractivity contribution in [2.75, 3.05) is 13.2 Å². The fourth-order valence-corrected chi connectivity index (χ4v) is 3.62. The van der Waals surface area contributed by atoms with Crippen molar-refractivity contribution in [1.29, 1.82) is 0 Å².